The van der Waals surface area contributed by atoms with Gasteiger partial charge in [-0.05, 0) is 44.0 Å². The van der Waals surface area contributed by atoms with Crippen LogP contribution in [0.5, 0.6) is 0 Å². The second kappa shape index (κ2) is 7.78. The fourth-order valence-electron chi connectivity index (χ4n) is 4.57. The first kappa shape index (κ1) is 21.3. The van der Waals surface area contributed by atoms with E-state index in [9.17, 15) is 14.7 Å². The highest BCUT2D eigenvalue weighted by Crippen LogP contribution is 2.28. The number of fused-ring (bicyclic) bond motifs is 4. The molecule has 2 aromatic heterocycles. The van der Waals surface area contributed by atoms with Crippen molar-refractivity contribution in [1.29, 1.82) is 0 Å². The Balaban J connectivity index is 1.46. The van der Waals surface area contributed by atoms with E-state index in [2.05, 4.69) is 16.5 Å². The van der Waals surface area contributed by atoms with E-state index >= 15 is 0 Å². The van der Waals surface area contributed by atoms with Gasteiger partial charge in [0.1, 0.15) is 11.3 Å². The molecule has 2 amide bonds. The summed E-state index contributed by atoms with van der Waals surface area (Å²) in [7, 11) is 0. The highest BCUT2D eigenvalue weighted by atomic mass is 16.3. The Kier molecular flexibility index (Phi) is 5.01. The zero-order valence-corrected chi connectivity index (χ0v) is 19.0. The minimum Gasteiger partial charge on any atom is -0.389 e. The molecular weight excluding hydrogens is 416 g/mol. The topological polar surface area (TPSA) is 88.3 Å². The highest BCUT2D eigenvalue weighted by molar-refractivity contribution is 6.21. The molecule has 0 bridgehead atoms. The molecule has 3 heterocycles. The van der Waals surface area contributed by atoms with Crippen molar-refractivity contribution in [2.24, 2.45) is 0 Å². The molecule has 1 aliphatic heterocycles. The number of hydrogen-bond acceptors (Lipinski definition) is 5. The molecule has 7 nitrogen and oxygen atoms in total. The van der Waals surface area contributed by atoms with Crippen molar-refractivity contribution in [2.45, 2.75) is 45.8 Å². The van der Waals surface area contributed by atoms with Gasteiger partial charge in [0, 0.05) is 18.4 Å². The number of carbonyl (C=O) groups is 2. The largest absolute Gasteiger partial charge is 0.389 e. The van der Waals surface area contributed by atoms with Crippen molar-refractivity contribution in [1.82, 2.24) is 19.4 Å². The fourth-order valence-corrected chi connectivity index (χ4v) is 4.57. The van der Waals surface area contributed by atoms with E-state index in [0.29, 0.717) is 30.6 Å². The van der Waals surface area contributed by atoms with Gasteiger partial charge in [0.2, 0.25) is 0 Å². The third-order valence-corrected chi connectivity index (χ3v) is 6.08. The first-order valence-corrected chi connectivity index (χ1v) is 11.2. The summed E-state index contributed by atoms with van der Waals surface area (Å²) in [6.07, 6.45) is 3.07. The molecule has 0 fully saturated rings. The highest BCUT2D eigenvalue weighted by Gasteiger charge is 2.34. The third-order valence-electron chi connectivity index (χ3n) is 6.08. The molecule has 1 aliphatic rings. The van der Waals surface area contributed by atoms with Crippen molar-refractivity contribution in [2.75, 3.05) is 6.54 Å². The number of aliphatic hydroxyl groups is 1. The zero-order valence-electron chi connectivity index (χ0n) is 19.0. The average Bonchev–Trinajstić information content (AvgIpc) is 3.26. The molecule has 0 saturated carbocycles. The number of benzene rings is 2. The van der Waals surface area contributed by atoms with Crippen LogP contribution in [0.2, 0.25) is 0 Å². The Morgan fingerprint density at radius 2 is 1.70 bits per heavy atom. The zero-order chi connectivity index (χ0) is 23.3. The minimum absolute atomic E-state index is 0.237. The van der Waals surface area contributed by atoms with Gasteiger partial charge >= 0.3 is 0 Å². The number of amides is 2. The van der Waals surface area contributed by atoms with E-state index in [-0.39, 0.29) is 11.8 Å². The molecule has 4 aromatic rings. The van der Waals surface area contributed by atoms with Crippen molar-refractivity contribution in [3.05, 3.63) is 71.2 Å². The van der Waals surface area contributed by atoms with Gasteiger partial charge < -0.3 is 9.67 Å². The number of nitrogens with zero attached hydrogens (tertiary/aromatic N) is 4. The molecule has 0 unspecified atom stereocenters. The number of imidazole rings is 1. The van der Waals surface area contributed by atoms with Gasteiger partial charge in [-0.15, -0.1) is 0 Å². The lowest BCUT2D eigenvalue weighted by atomic mass is 10.1. The Bertz CT molecular complexity index is 1380. The van der Waals surface area contributed by atoms with Gasteiger partial charge in [-0.25, -0.2) is 4.98 Å². The SMILES string of the molecule is CCc1nc2cnc3cc(CCN4C(=O)c5ccccc5C4=O)ccc3c2n1CC(C)(C)O. The normalized spacial score (nSPS) is 14.0. The lowest BCUT2D eigenvalue weighted by Crippen LogP contribution is -2.31. The van der Waals surface area contributed by atoms with Crippen LogP contribution < -0.4 is 0 Å². The Labute approximate surface area is 191 Å². The second-order valence-electron chi connectivity index (χ2n) is 9.18. The Hall–Kier alpha value is -3.58. The van der Waals surface area contributed by atoms with E-state index in [1.165, 1.54) is 4.90 Å². The molecule has 168 valence electrons. The molecule has 5 rings (SSSR count). The molecule has 1 N–H and O–H groups in total. The molecule has 0 aliphatic carbocycles. The molecule has 0 spiro atoms. The predicted molar refractivity (Wildman–Crippen MR) is 126 cm³/mol. The van der Waals surface area contributed by atoms with Gasteiger partial charge in [-0.2, -0.15) is 0 Å². The number of carbonyl (C=O) groups excluding carboxylic acids is 2. The smallest absolute Gasteiger partial charge is 0.261 e. The van der Waals surface area contributed by atoms with Crippen LogP contribution in [0, 0.1) is 0 Å². The lowest BCUT2D eigenvalue weighted by Gasteiger charge is -2.20. The summed E-state index contributed by atoms with van der Waals surface area (Å²) < 4.78 is 2.08. The number of aryl methyl sites for hydroxylation is 1. The van der Waals surface area contributed by atoms with Gasteiger partial charge in [-0.1, -0.05) is 31.2 Å². The molecule has 0 atom stereocenters. The van der Waals surface area contributed by atoms with E-state index < -0.39 is 5.60 Å². The van der Waals surface area contributed by atoms with Crippen LogP contribution in [-0.2, 0) is 19.4 Å². The fraction of sp³-hybridized carbons (Fsp3) is 0.308. The van der Waals surface area contributed by atoms with Gasteiger partial charge in [0.05, 0.1) is 40.5 Å². The van der Waals surface area contributed by atoms with Crippen molar-refractivity contribution in [3.63, 3.8) is 0 Å². The van der Waals surface area contributed by atoms with Gasteiger partial charge in [0.25, 0.3) is 11.8 Å². The second-order valence-corrected chi connectivity index (χ2v) is 9.18. The van der Waals surface area contributed by atoms with Gasteiger partial charge in [-0.3, -0.25) is 19.5 Å². The van der Waals surface area contributed by atoms with E-state index in [4.69, 9.17) is 4.98 Å². The Morgan fingerprint density at radius 1 is 1.00 bits per heavy atom. The van der Waals surface area contributed by atoms with Crippen LogP contribution in [0.1, 0.15) is 52.9 Å². The first-order chi connectivity index (χ1) is 15.8. The molecule has 33 heavy (non-hydrogen) atoms. The molecular formula is C26H26N4O3. The van der Waals surface area contributed by atoms with E-state index in [0.717, 1.165) is 39.7 Å². The minimum atomic E-state index is -0.876. The summed E-state index contributed by atoms with van der Waals surface area (Å²) in [5.74, 6) is 0.439. The van der Waals surface area contributed by atoms with Crippen molar-refractivity contribution < 1.29 is 14.7 Å². The number of hydrogen-bond donors (Lipinski definition) is 1. The number of rotatable bonds is 6. The van der Waals surface area contributed by atoms with Crippen LogP contribution in [-0.4, -0.2) is 48.5 Å². The quantitative estimate of drug-likeness (QED) is 0.460. The summed E-state index contributed by atoms with van der Waals surface area (Å²) in [5, 5.41) is 11.4. The van der Waals surface area contributed by atoms with Crippen molar-refractivity contribution >= 4 is 33.8 Å². The predicted octanol–water partition coefficient (Wildman–Crippen LogP) is 3.76. The molecule has 0 radical (unpaired) electrons. The Morgan fingerprint density at radius 3 is 2.33 bits per heavy atom. The summed E-state index contributed by atoms with van der Waals surface area (Å²) in [4.78, 5) is 35.9. The standard InChI is InChI=1S/C26H26N4O3/c1-4-22-28-21-14-27-20-13-16(9-10-19(20)23(21)30(22)15-26(2,3)33)11-12-29-24(31)17-7-5-6-8-18(17)25(29)32/h5-10,13-14,33H,4,11-12,15H2,1-3H3. The maximum Gasteiger partial charge on any atom is 0.261 e. The van der Waals surface area contributed by atoms with Crippen LogP contribution in [0.4, 0.5) is 0 Å². The van der Waals surface area contributed by atoms with Gasteiger partial charge in [0.15, 0.2) is 0 Å². The third kappa shape index (κ3) is 3.68. The average molecular weight is 443 g/mol. The maximum absolute atomic E-state index is 12.6. The van der Waals surface area contributed by atoms with Crippen LogP contribution in [0.15, 0.2) is 48.7 Å². The number of pyridine rings is 1. The lowest BCUT2D eigenvalue weighted by molar-refractivity contribution is 0.0617. The van der Waals surface area contributed by atoms with Crippen LogP contribution in [0.25, 0.3) is 21.9 Å². The summed E-state index contributed by atoms with van der Waals surface area (Å²) in [6, 6.07) is 13.0. The summed E-state index contributed by atoms with van der Waals surface area (Å²) in [5.41, 5.74) is 3.65. The molecule has 2 aromatic carbocycles. The van der Waals surface area contributed by atoms with Crippen LogP contribution in [0.3, 0.4) is 0 Å². The summed E-state index contributed by atoms with van der Waals surface area (Å²) >= 11 is 0. The number of aromatic nitrogens is 3. The molecule has 0 saturated heterocycles. The monoisotopic (exact) mass is 442 g/mol. The maximum atomic E-state index is 12.6. The molecule has 7 heteroatoms. The van der Waals surface area contributed by atoms with Crippen molar-refractivity contribution in [3.8, 4) is 0 Å². The first-order valence-electron chi connectivity index (χ1n) is 11.2. The summed E-state index contributed by atoms with van der Waals surface area (Å²) in [6.45, 7) is 6.39. The number of imide groups is 1. The van der Waals surface area contributed by atoms with E-state index in [1.807, 2.05) is 18.2 Å². The van der Waals surface area contributed by atoms with E-state index in [1.54, 1.807) is 44.3 Å². The van der Waals surface area contributed by atoms with Crippen LogP contribution >= 0.6 is 0 Å².